The Hall–Kier alpha value is -3.01. The molecule has 2 unspecified atom stereocenters. The van der Waals surface area contributed by atoms with Crippen molar-refractivity contribution in [3.63, 3.8) is 0 Å². The van der Waals surface area contributed by atoms with Crippen LogP contribution in [-0.2, 0) is 21.8 Å². The molecule has 36 heavy (non-hydrogen) atoms. The van der Waals surface area contributed by atoms with Crippen LogP contribution in [-0.4, -0.2) is 48.1 Å². The van der Waals surface area contributed by atoms with E-state index in [0.29, 0.717) is 24.0 Å². The number of ketones is 1. The summed E-state index contributed by atoms with van der Waals surface area (Å²) in [6.07, 6.45) is 5.95. The first-order valence-corrected chi connectivity index (χ1v) is 13.5. The Bertz CT molecular complexity index is 1320. The number of fused-ring (bicyclic) bond motifs is 3. The van der Waals surface area contributed by atoms with Crippen molar-refractivity contribution in [1.82, 2.24) is 9.55 Å². The minimum Gasteiger partial charge on any atom is -0.393 e. The molecule has 2 atom stereocenters. The van der Waals surface area contributed by atoms with Gasteiger partial charge >= 0.3 is 0 Å². The highest BCUT2D eigenvalue weighted by Crippen LogP contribution is 2.42. The summed E-state index contributed by atoms with van der Waals surface area (Å²) in [5.74, 6) is 0.184. The van der Waals surface area contributed by atoms with Gasteiger partial charge in [0.2, 0.25) is 0 Å². The Morgan fingerprint density at radius 1 is 1.19 bits per heavy atom. The standard InChI is InChI=1S/C27H31N3O5S/c1-2-26(31)22-13-18(16-35-36(33)34)7-8-23(22)29-11-9-19(10-12-29)27(32)14-24-20-5-3-4-6-21(20)25-15-28-17-30(24)25/h3-8,13,15,17,19,24,27,32,36H,2,9-12,14,16H2,1H3. The fourth-order valence-electron chi connectivity index (χ4n) is 5.61. The quantitative estimate of drug-likeness (QED) is 0.335. The van der Waals surface area contributed by atoms with Crippen LogP contribution in [0.2, 0.25) is 0 Å². The van der Waals surface area contributed by atoms with Crippen LogP contribution in [0, 0.1) is 5.92 Å². The Balaban J connectivity index is 1.26. The highest BCUT2D eigenvalue weighted by Gasteiger charge is 2.33. The second-order valence-electron chi connectivity index (χ2n) is 9.54. The highest BCUT2D eigenvalue weighted by atomic mass is 32.2. The van der Waals surface area contributed by atoms with E-state index in [1.54, 1.807) is 6.07 Å². The second-order valence-corrected chi connectivity index (χ2v) is 10.2. The molecular weight excluding hydrogens is 478 g/mol. The summed E-state index contributed by atoms with van der Waals surface area (Å²) in [6, 6.07) is 13.8. The van der Waals surface area contributed by atoms with E-state index in [4.69, 9.17) is 4.18 Å². The summed E-state index contributed by atoms with van der Waals surface area (Å²) in [4.78, 5) is 19.2. The van der Waals surface area contributed by atoms with Crippen molar-refractivity contribution in [3.8, 4) is 11.3 Å². The lowest BCUT2D eigenvalue weighted by Crippen LogP contribution is -2.39. The van der Waals surface area contributed by atoms with E-state index in [-0.39, 0.29) is 24.3 Å². The number of aliphatic hydroxyl groups is 1. The number of rotatable bonds is 9. The number of nitrogens with zero attached hydrogens (tertiary/aromatic N) is 3. The molecule has 0 amide bonds. The van der Waals surface area contributed by atoms with Crippen molar-refractivity contribution in [2.45, 2.75) is 51.4 Å². The van der Waals surface area contributed by atoms with Gasteiger partial charge in [0, 0.05) is 36.3 Å². The monoisotopic (exact) mass is 509 g/mol. The van der Waals surface area contributed by atoms with Crippen LogP contribution in [0.25, 0.3) is 11.3 Å². The lowest BCUT2D eigenvalue weighted by molar-refractivity contribution is 0.0756. The molecule has 1 fully saturated rings. The maximum atomic E-state index is 12.7. The first kappa shape index (κ1) is 24.7. The van der Waals surface area contributed by atoms with Crippen molar-refractivity contribution in [3.05, 3.63) is 71.7 Å². The van der Waals surface area contributed by atoms with Gasteiger partial charge in [0.15, 0.2) is 5.78 Å². The van der Waals surface area contributed by atoms with E-state index in [2.05, 4.69) is 26.6 Å². The molecule has 0 radical (unpaired) electrons. The van der Waals surface area contributed by atoms with Crippen molar-refractivity contribution in [2.75, 3.05) is 18.0 Å². The Morgan fingerprint density at radius 3 is 2.72 bits per heavy atom. The van der Waals surface area contributed by atoms with Crippen LogP contribution in [0.5, 0.6) is 0 Å². The predicted octanol–water partition coefficient (Wildman–Crippen LogP) is 3.76. The van der Waals surface area contributed by atoms with Gasteiger partial charge in [-0.1, -0.05) is 37.3 Å². The molecule has 1 N–H and O–H groups in total. The summed E-state index contributed by atoms with van der Waals surface area (Å²) < 4.78 is 28.4. The van der Waals surface area contributed by atoms with Gasteiger partial charge in [-0.05, 0) is 48.4 Å². The zero-order chi connectivity index (χ0) is 25.2. The van der Waals surface area contributed by atoms with Gasteiger partial charge < -0.3 is 14.6 Å². The summed E-state index contributed by atoms with van der Waals surface area (Å²) >= 11 is 0. The number of aliphatic hydroxyl groups excluding tert-OH is 1. The zero-order valence-electron chi connectivity index (χ0n) is 20.2. The van der Waals surface area contributed by atoms with Gasteiger partial charge in [-0.15, -0.1) is 0 Å². The number of hydrogen-bond donors (Lipinski definition) is 2. The average Bonchev–Trinajstić information content (AvgIpc) is 3.49. The lowest BCUT2D eigenvalue weighted by atomic mass is 9.86. The normalized spacial score (nSPS) is 18.3. The predicted molar refractivity (Wildman–Crippen MR) is 138 cm³/mol. The number of piperidine rings is 1. The largest absolute Gasteiger partial charge is 0.393 e. The maximum Gasteiger partial charge on any atom is 0.257 e. The molecule has 2 aliphatic heterocycles. The van der Waals surface area contributed by atoms with Crippen LogP contribution >= 0.6 is 0 Å². The van der Waals surface area contributed by atoms with Gasteiger partial charge in [0.05, 0.1) is 37.0 Å². The number of carbonyl (C=O) groups excluding carboxylic acids is 1. The fraction of sp³-hybridized carbons (Fsp3) is 0.407. The van der Waals surface area contributed by atoms with E-state index in [1.165, 1.54) is 11.1 Å². The van der Waals surface area contributed by atoms with Crippen molar-refractivity contribution in [2.24, 2.45) is 5.92 Å². The van der Waals surface area contributed by atoms with Crippen LogP contribution < -0.4 is 4.90 Å². The van der Waals surface area contributed by atoms with E-state index in [1.807, 2.05) is 43.7 Å². The smallest absolute Gasteiger partial charge is 0.257 e. The third-order valence-electron chi connectivity index (χ3n) is 7.51. The Labute approximate surface area is 212 Å². The molecule has 9 heteroatoms. The second kappa shape index (κ2) is 10.5. The number of thiol groups is 1. The fourth-order valence-corrected chi connectivity index (χ4v) is 5.86. The number of Topliss-reactive ketones (excluding diaryl/α,β-unsaturated/α-hetero) is 1. The van der Waals surface area contributed by atoms with Crippen molar-refractivity contribution >= 4 is 22.5 Å². The maximum absolute atomic E-state index is 12.7. The van der Waals surface area contributed by atoms with Gasteiger partial charge in [-0.2, -0.15) is 0 Å². The molecule has 0 spiro atoms. The average molecular weight is 510 g/mol. The minimum absolute atomic E-state index is 0.0107. The third kappa shape index (κ3) is 4.83. The lowest BCUT2D eigenvalue weighted by Gasteiger charge is -2.37. The molecule has 8 nitrogen and oxygen atoms in total. The SMILES string of the molecule is CCC(=O)c1cc(CO[SH](=O)=O)ccc1N1CCC(C(O)CC2c3ccccc3-c3cncn32)CC1. The zero-order valence-corrected chi connectivity index (χ0v) is 21.1. The summed E-state index contributed by atoms with van der Waals surface area (Å²) in [5.41, 5.74) is 5.62. The van der Waals surface area contributed by atoms with E-state index >= 15 is 0 Å². The first-order valence-electron chi connectivity index (χ1n) is 12.4. The topological polar surface area (TPSA) is 102 Å². The van der Waals surface area contributed by atoms with Crippen molar-refractivity contribution in [1.29, 1.82) is 0 Å². The molecule has 0 aliphatic carbocycles. The van der Waals surface area contributed by atoms with Gasteiger partial charge in [0.25, 0.3) is 11.0 Å². The molecule has 3 heterocycles. The van der Waals surface area contributed by atoms with Crippen molar-refractivity contribution < 1.29 is 22.5 Å². The van der Waals surface area contributed by atoms with E-state index in [0.717, 1.165) is 37.3 Å². The number of anilines is 1. The summed E-state index contributed by atoms with van der Waals surface area (Å²) in [6.45, 7) is 3.22. The Kier molecular flexibility index (Phi) is 7.22. The van der Waals surface area contributed by atoms with Gasteiger partial charge in [0.1, 0.15) is 0 Å². The van der Waals surface area contributed by atoms with Gasteiger partial charge in [-0.25, -0.2) is 13.4 Å². The van der Waals surface area contributed by atoms with E-state index in [9.17, 15) is 18.3 Å². The molecule has 5 rings (SSSR count). The molecule has 2 aromatic carbocycles. The number of imidazole rings is 1. The molecule has 1 aromatic heterocycles. The first-order chi connectivity index (χ1) is 17.5. The summed E-state index contributed by atoms with van der Waals surface area (Å²) in [5, 5.41) is 11.2. The molecule has 3 aromatic rings. The number of benzene rings is 2. The molecule has 2 aliphatic rings. The molecular formula is C27H31N3O5S. The van der Waals surface area contributed by atoms with E-state index < -0.39 is 17.1 Å². The number of aromatic nitrogens is 2. The third-order valence-corrected chi connectivity index (χ3v) is 7.85. The highest BCUT2D eigenvalue weighted by molar-refractivity contribution is 7.67. The molecule has 0 bridgehead atoms. The molecule has 0 saturated carbocycles. The number of hydrogen-bond acceptors (Lipinski definition) is 7. The Morgan fingerprint density at radius 2 is 1.97 bits per heavy atom. The summed E-state index contributed by atoms with van der Waals surface area (Å²) in [7, 11) is -2.94. The molecule has 1 saturated heterocycles. The van der Waals surface area contributed by atoms with Gasteiger partial charge in [-0.3, -0.25) is 8.98 Å². The molecule has 190 valence electrons. The minimum atomic E-state index is -2.94. The number of carbonyl (C=O) groups is 1. The van der Waals surface area contributed by atoms with Crippen LogP contribution in [0.4, 0.5) is 5.69 Å². The van der Waals surface area contributed by atoms with Crippen LogP contribution in [0.1, 0.15) is 60.1 Å². The van der Waals surface area contributed by atoms with Crippen LogP contribution in [0.15, 0.2) is 55.0 Å². The van der Waals surface area contributed by atoms with Crippen LogP contribution in [0.3, 0.4) is 0 Å².